The van der Waals surface area contributed by atoms with Crippen molar-refractivity contribution in [2.24, 2.45) is 0 Å². The first-order valence-electron chi connectivity index (χ1n) is 21.2. The van der Waals surface area contributed by atoms with Gasteiger partial charge in [-0.25, -0.2) is 0 Å². The van der Waals surface area contributed by atoms with Gasteiger partial charge in [-0.3, -0.25) is 0 Å². The van der Waals surface area contributed by atoms with Gasteiger partial charge in [0.25, 0.3) is 0 Å². The van der Waals surface area contributed by atoms with Gasteiger partial charge in [-0.15, -0.1) is 0 Å². The zero-order valence-electron chi connectivity index (χ0n) is 34.3. The minimum absolute atomic E-state index is 0.268. The summed E-state index contributed by atoms with van der Waals surface area (Å²) in [5.74, 6) is 0. The highest BCUT2D eigenvalue weighted by atomic mass is 15.1. The molecule has 0 N–H and O–H groups in total. The summed E-state index contributed by atoms with van der Waals surface area (Å²) in [5, 5.41) is 5.16. The third-order valence-electron chi connectivity index (χ3n) is 12.6. The van der Waals surface area contributed by atoms with Crippen LogP contribution in [0.3, 0.4) is 0 Å². The van der Waals surface area contributed by atoms with Gasteiger partial charge in [0.1, 0.15) is 0 Å². The van der Waals surface area contributed by atoms with Crippen LogP contribution in [0.4, 0.5) is 34.1 Å². The zero-order valence-corrected chi connectivity index (χ0v) is 34.3. The first-order chi connectivity index (χ1) is 30.0. The summed E-state index contributed by atoms with van der Waals surface area (Å²) in [5.41, 5.74) is 16.7. The maximum Gasteiger partial charge on any atom is 0.0465 e. The van der Waals surface area contributed by atoms with E-state index in [0.29, 0.717) is 0 Å². The smallest absolute Gasteiger partial charge is 0.0465 e. The van der Waals surface area contributed by atoms with Gasteiger partial charge in [0.05, 0.1) is 0 Å². The highest BCUT2D eigenvalue weighted by Gasteiger charge is 2.36. The Morgan fingerprint density at radius 1 is 0.295 bits per heavy atom. The molecule has 0 aliphatic heterocycles. The van der Waals surface area contributed by atoms with Crippen LogP contribution in [-0.2, 0) is 5.41 Å². The first-order valence-corrected chi connectivity index (χ1v) is 21.2. The fraction of sp³-hybridized carbons (Fsp3) is 0.0508. The lowest BCUT2D eigenvalue weighted by molar-refractivity contribution is 0.645. The van der Waals surface area contributed by atoms with Crippen LogP contribution in [-0.4, -0.2) is 0 Å². The summed E-state index contributed by atoms with van der Waals surface area (Å²) in [6.07, 6.45) is 0. The van der Waals surface area contributed by atoms with E-state index in [0.717, 1.165) is 34.1 Å². The number of hydrogen-bond acceptors (Lipinski definition) is 2. The lowest BCUT2D eigenvalue weighted by atomic mass is 9.66. The van der Waals surface area contributed by atoms with E-state index in [2.05, 4.69) is 254 Å². The predicted molar refractivity (Wildman–Crippen MR) is 259 cm³/mol. The molecule has 0 saturated carbocycles. The maximum atomic E-state index is 2.44. The molecule has 61 heavy (non-hydrogen) atoms. The van der Waals surface area contributed by atoms with Crippen LogP contribution in [0.2, 0.25) is 0 Å². The van der Waals surface area contributed by atoms with Gasteiger partial charge >= 0.3 is 0 Å². The van der Waals surface area contributed by atoms with Gasteiger partial charge in [-0.2, -0.15) is 0 Å². The molecule has 0 fully saturated rings. The van der Waals surface area contributed by atoms with Crippen molar-refractivity contribution in [2.45, 2.75) is 19.3 Å². The molecule has 0 radical (unpaired) electrons. The van der Waals surface area contributed by atoms with Crippen molar-refractivity contribution in [2.75, 3.05) is 9.80 Å². The third-order valence-corrected chi connectivity index (χ3v) is 12.6. The Morgan fingerprint density at radius 2 is 0.770 bits per heavy atom. The molecule has 0 saturated heterocycles. The van der Waals surface area contributed by atoms with Crippen LogP contribution in [0.15, 0.2) is 231 Å². The van der Waals surface area contributed by atoms with Crippen molar-refractivity contribution >= 4 is 55.7 Å². The quantitative estimate of drug-likeness (QED) is 0.142. The summed E-state index contributed by atoms with van der Waals surface area (Å²) in [6.45, 7) is 4.81. The number of rotatable bonds is 8. The maximum absolute atomic E-state index is 2.44. The molecule has 0 heterocycles. The Bertz CT molecular complexity index is 3100. The van der Waals surface area contributed by atoms with Gasteiger partial charge in [0.15, 0.2) is 0 Å². The summed E-state index contributed by atoms with van der Waals surface area (Å²) in [6, 6.07) is 83.9. The van der Waals surface area contributed by atoms with E-state index in [4.69, 9.17) is 0 Å². The van der Waals surface area contributed by atoms with Crippen LogP contribution in [0.25, 0.3) is 54.9 Å². The number of benzene rings is 10. The van der Waals surface area contributed by atoms with Gasteiger partial charge in [0, 0.05) is 39.5 Å². The Kier molecular flexibility index (Phi) is 8.86. The number of nitrogens with zero attached hydrogens (tertiary/aromatic N) is 2. The Hall–Kier alpha value is -7.68. The van der Waals surface area contributed by atoms with Crippen molar-refractivity contribution in [1.29, 1.82) is 0 Å². The van der Waals surface area contributed by atoms with Crippen LogP contribution in [0, 0.1) is 0 Å². The molecule has 0 spiro atoms. The third kappa shape index (κ3) is 6.19. The van der Waals surface area contributed by atoms with Crippen molar-refractivity contribution in [3.8, 4) is 33.4 Å². The summed E-state index contributed by atoms with van der Waals surface area (Å²) in [4.78, 5) is 4.69. The lowest BCUT2D eigenvalue weighted by Gasteiger charge is -2.38. The van der Waals surface area contributed by atoms with Crippen LogP contribution in [0.5, 0.6) is 0 Å². The second-order valence-corrected chi connectivity index (χ2v) is 16.5. The first kappa shape index (κ1) is 36.4. The number of anilines is 6. The molecule has 10 aromatic rings. The second kappa shape index (κ2) is 14.9. The van der Waals surface area contributed by atoms with Crippen LogP contribution >= 0.6 is 0 Å². The molecular formula is C59H44N2. The molecule has 1 aliphatic carbocycles. The molecule has 0 atom stereocenters. The van der Waals surface area contributed by atoms with Crippen LogP contribution in [0.1, 0.15) is 25.0 Å². The molecule has 11 rings (SSSR count). The van der Waals surface area contributed by atoms with E-state index < -0.39 is 0 Å². The highest BCUT2D eigenvalue weighted by molar-refractivity contribution is 6.24. The highest BCUT2D eigenvalue weighted by Crippen LogP contribution is 2.55. The van der Waals surface area contributed by atoms with Crippen molar-refractivity contribution in [3.63, 3.8) is 0 Å². The Labute approximate surface area is 358 Å². The van der Waals surface area contributed by atoms with Gasteiger partial charge in [-0.05, 0) is 145 Å². The van der Waals surface area contributed by atoms with E-state index >= 15 is 0 Å². The van der Waals surface area contributed by atoms with Crippen molar-refractivity contribution in [1.82, 2.24) is 0 Å². The molecule has 1 aliphatic rings. The molecule has 0 aromatic heterocycles. The molecule has 2 heteroatoms. The Morgan fingerprint density at radius 3 is 1.33 bits per heavy atom. The van der Waals surface area contributed by atoms with Gasteiger partial charge < -0.3 is 9.80 Å². The summed E-state index contributed by atoms with van der Waals surface area (Å²) < 4.78 is 0. The average Bonchev–Trinajstić information content (AvgIpc) is 3.32. The van der Waals surface area contributed by atoms with Crippen molar-refractivity contribution in [3.05, 3.63) is 242 Å². The Balaban J connectivity index is 1.10. The number of hydrogen-bond donors (Lipinski definition) is 0. The minimum Gasteiger partial charge on any atom is -0.311 e. The largest absolute Gasteiger partial charge is 0.311 e. The monoisotopic (exact) mass is 780 g/mol. The fourth-order valence-corrected chi connectivity index (χ4v) is 9.72. The predicted octanol–water partition coefficient (Wildman–Crippen LogP) is 16.6. The van der Waals surface area contributed by atoms with E-state index in [9.17, 15) is 0 Å². The molecule has 0 unspecified atom stereocenters. The van der Waals surface area contributed by atoms with Gasteiger partial charge in [-0.1, -0.05) is 166 Å². The second-order valence-electron chi connectivity index (χ2n) is 16.5. The summed E-state index contributed by atoms with van der Waals surface area (Å²) >= 11 is 0. The molecule has 2 nitrogen and oxygen atoms in total. The fourth-order valence-electron chi connectivity index (χ4n) is 9.72. The zero-order chi connectivity index (χ0) is 40.9. The minimum atomic E-state index is -0.268. The average molecular weight is 781 g/mol. The number of fused-ring (bicyclic) bond motifs is 4. The van der Waals surface area contributed by atoms with Crippen molar-refractivity contribution < 1.29 is 0 Å². The summed E-state index contributed by atoms with van der Waals surface area (Å²) in [7, 11) is 0. The SMILES string of the molecule is CC1(C)c2cc(N(c3ccccc3)c3ccccc3)ccc2-c2c(-c3ccccc3)c3ccc(-c4ccc(N(c5ccccc5)c5ccccc5)cc4)cc3c3cccc1c23. The number of para-hydroxylation sites is 4. The van der Waals surface area contributed by atoms with E-state index in [-0.39, 0.29) is 5.41 Å². The topological polar surface area (TPSA) is 6.48 Å². The normalized spacial score (nSPS) is 12.6. The van der Waals surface area contributed by atoms with Crippen LogP contribution < -0.4 is 9.80 Å². The van der Waals surface area contributed by atoms with Gasteiger partial charge in [0.2, 0.25) is 0 Å². The molecule has 0 amide bonds. The molecule has 0 bridgehead atoms. The van der Waals surface area contributed by atoms with E-state index in [1.807, 2.05) is 0 Å². The standard InChI is InChI=1S/C59H44N2/c1-59(2)54-30-18-29-50-53-39-43(41-31-34-48(35-32-41)60(44-21-10-4-11-22-44)45-23-12-5-13-24-45)33-37-51(53)56(42-19-8-3-9-20-42)58(57(50)54)52-38-36-49(40-55(52)59)61(46-25-14-6-15-26-46)47-27-16-7-17-28-47/h3-40H,1-2H3. The van der Waals surface area contributed by atoms with E-state index in [1.54, 1.807) is 0 Å². The lowest BCUT2D eigenvalue weighted by Crippen LogP contribution is -2.24. The molecule has 290 valence electrons. The van der Waals surface area contributed by atoms with E-state index in [1.165, 1.54) is 66.1 Å². The molecular weight excluding hydrogens is 737 g/mol. The molecule has 10 aromatic carbocycles.